The van der Waals surface area contributed by atoms with E-state index < -0.39 is 0 Å². The first-order valence-electron chi connectivity index (χ1n) is 10.1. The van der Waals surface area contributed by atoms with Crippen LogP contribution >= 0.6 is 0 Å². The van der Waals surface area contributed by atoms with Crippen LogP contribution in [-0.2, 0) is 20.0 Å². The van der Waals surface area contributed by atoms with Crippen LogP contribution in [0.1, 0.15) is 35.9 Å². The highest BCUT2D eigenvalue weighted by molar-refractivity contribution is 5.79. The summed E-state index contributed by atoms with van der Waals surface area (Å²) >= 11 is 0. The van der Waals surface area contributed by atoms with E-state index in [2.05, 4.69) is 83.8 Å². The molecule has 0 spiro atoms. The standard InChI is InChI=1S/C22H36N6/c1-17(15-21-18(2)26-28(6)19(21)3)25-22(23-4)24-13-10-14-27(5)16-20-11-8-7-9-12-20/h7-9,11-12,17H,10,13-16H2,1-6H3,(H2,23,24,25). The molecule has 0 bridgehead atoms. The van der Waals surface area contributed by atoms with E-state index in [0.717, 1.165) is 44.1 Å². The molecular formula is C22H36N6. The number of hydrogen-bond donors (Lipinski definition) is 2. The average Bonchev–Trinajstić information content (AvgIpc) is 2.91. The van der Waals surface area contributed by atoms with Crippen LogP contribution < -0.4 is 10.6 Å². The molecule has 0 fully saturated rings. The van der Waals surface area contributed by atoms with Crippen molar-refractivity contribution >= 4 is 5.96 Å². The molecular weight excluding hydrogens is 348 g/mol. The van der Waals surface area contributed by atoms with Gasteiger partial charge in [-0.3, -0.25) is 9.67 Å². The number of nitrogens with zero attached hydrogens (tertiary/aromatic N) is 4. The van der Waals surface area contributed by atoms with Gasteiger partial charge in [0, 0.05) is 38.9 Å². The second-order valence-electron chi connectivity index (χ2n) is 7.60. The second kappa shape index (κ2) is 10.9. The summed E-state index contributed by atoms with van der Waals surface area (Å²) in [6.07, 6.45) is 2.01. The number of guanidine groups is 1. The largest absolute Gasteiger partial charge is 0.356 e. The fraction of sp³-hybridized carbons (Fsp3) is 0.545. The summed E-state index contributed by atoms with van der Waals surface area (Å²) in [7, 11) is 5.99. The first-order chi connectivity index (χ1) is 13.4. The van der Waals surface area contributed by atoms with Crippen molar-refractivity contribution in [1.82, 2.24) is 25.3 Å². The zero-order valence-corrected chi connectivity index (χ0v) is 18.3. The number of benzene rings is 1. The fourth-order valence-corrected chi connectivity index (χ4v) is 3.43. The molecule has 0 aliphatic rings. The summed E-state index contributed by atoms with van der Waals surface area (Å²) < 4.78 is 1.95. The van der Waals surface area contributed by atoms with E-state index >= 15 is 0 Å². The third kappa shape index (κ3) is 6.68. The lowest BCUT2D eigenvalue weighted by Gasteiger charge is -2.20. The van der Waals surface area contributed by atoms with Crippen molar-refractivity contribution < 1.29 is 0 Å². The van der Waals surface area contributed by atoms with E-state index in [-0.39, 0.29) is 6.04 Å². The minimum absolute atomic E-state index is 0.286. The highest BCUT2D eigenvalue weighted by Crippen LogP contribution is 2.14. The van der Waals surface area contributed by atoms with Crippen molar-refractivity contribution in [2.24, 2.45) is 12.0 Å². The average molecular weight is 385 g/mol. The molecule has 1 unspecified atom stereocenters. The molecule has 1 aromatic carbocycles. The quantitative estimate of drug-likeness (QED) is 0.396. The van der Waals surface area contributed by atoms with Crippen LogP contribution in [-0.4, -0.2) is 53.9 Å². The molecule has 2 N–H and O–H groups in total. The number of aromatic nitrogens is 2. The summed E-state index contributed by atoms with van der Waals surface area (Å²) in [6, 6.07) is 10.9. The third-order valence-electron chi connectivity index (χ3n) is 5.08. The highest BCUT2D eigenvalue weighted by Gasteiger charge is 2.14. The zero-order valence-electron chi connectivity index (χ0n) is 18.3. The van der Waals surface area contributed by atoms with Crippen LogP contribution in [0.25, 0.3) is 0 Å². The number of aryl methyl sites for hydroxylation is 2. The van der Waals surface area contributed by atoms with Crippen molar-refractivity contribution in [1.29, 1.82) is 0 Å². The van der Waals surface area contributed by atoms with Gasteiger partial charge in [-0.15, -0.1) is 0 Å². The molecule has 0 radical (unpaired) electrons. The highest BCUT2D eigenvalue weighted by atomic mass is 15.3. The Labute approximate surface area is 170 Å². The van der Waals surface area contributed by atoms with E-state index in [1.807, 2.05) is 18.8 Å². The summed E-state index contributed by atoms with van der Waals surface area (Å²) in [5, 5.41) is 11.4. The predicted octanol–water partition coefficient (Wildman–Crippen LogP) is 2.66. The van der Waals surface area contributed by atoms with Gasteiger partial charge in [-0.2, -0.15) is 5.10 Å². The maximum atomic E-state index is 4.51. The normalized spacial score (nSPS) is 13.0. The molecule has 0 saturated carbocycles. The first-order valence-corrected chi connectivity index (χ1v) is 10.1. The molecule has 2 aromatic rings. The minimum Gasteiger partial charge on any atom is -0.356 e. The van der Waals surface area contributed by atoms with Gasteiger partial charge in [0.2, 0.25) is 0 Å². The summed E-state index contributed by atoms with van der Waals surface area (Å²) in [5.74, 6) is 0.859. The van der Waals surface area contributed by atoms with E-state index in [0.29, 0.717) is 0 Å². The van der Waals surface area contributed by atoms with Gasteiger partial charge in [0.25, 0.3) is 0 Å². The molecule has 6 heteroatoms. The van der Waals surface area contributed by atoms with Crippen molar-refractivity contribution in [2.45, 2.75) is 46.2 Å². The fourth-order valence-electron chi connectivity index (χ4n) is 3.43. The summed E-state index contributed by atoms with van der Waals surface area (Å²) in [5.41, 5.74) is 5.01. The van der Waals surface area contributed by atoms with E-state index in [9.17, 15) is 0 Å². The van der Waals surface area contributed by atoms with Gasteiger partial charge in [-0.25, -0.2) is 0 Å². The van der Waals surface area contributed by atoms with Crippen LogP contribution in [0.5, 0.6) is 0 Å². The lowest BCUT2D eigenvalue weighted by molar-refractivity contribution is 0.322. The van der Waals surface area contributed by atoms with Gasteiger partial charge in [-0.05, 0) is 58.3 Å². The molecule has 28 heavy (non-hydrogen) atoms. The molecule has 0 amide bonds. The van der Waals surface area contributed by atoms with Crippen LogP contribution in [0.2, 0.25) is 0 Å². The lowest BCUT2D eigenvalue weighted by atomic mass is 10.1. The Hall–Kier alpha value is -2.34. The monoisotopic (exact) mass is 384 g/mol. The SMILES string of the molecule is CN=C(NCCCN(C)Cc1ccccc1)NC(C)Cc1c(C)nn(C)c1C. The minimum atomic E-state index is 0.286. The number of nitrogens with one attached hydrogen (secondary N) is 2. The van der Waals surface area contributed by atoms with Gasteiger partial charge in [0.1, 0.15) is 0 Å². The number of hydrogen-bond acceptors (Lipinski definition) is 3. The Morgan fingerprint density at radius 1 is 1.25 bits per heavy atom. The van der Waals surface area contributed by atoms with Crippen molar-refractivity contribution in [3.05, 3.63) is 52.8 Å². The topological polar surface area (TPSA) is 57.5 Å². The van der Waals surface area contributed by atoms with E-state index in [4.69, 9.17) is 0 Å². The Morgan fingerprint density at radius 2 is 1.96 bits per heavy atom. The van der Waals surface area contributed by atoms with Gasteiger partial charge in [0.05, 0.1) is 5.69 Å². The van der Waals surface area contributed by atoms with Crippen LogP contribution in [0, 0.1) is 13.8 Å². The summed E-state index contributed by atoms with van der Waals surface area (Å²) in [4.78, 5) is 6.72. The Bertz CT molecular complexity index is 750. The first kappa shape index (κ1) is 22.0. The predicted molar refractivity (Wildman–Crippen MR) is 118 cm³/mol. The molecule has 1 heterocycles. The van der Waals surface area contributed by atoms with E-state index in [1.54, 1.807) is 0 Å². The third-order valence-corrected chi connectivity index (χ3v) is 5.08. The molecule has 154 valence electrons. The van der Waals surface area contributed by atoms with Crippen molar-refractivity contribution in [3.63, 3.8) is 0 Å². The summed E-state index contributed by atoms with van der Waals surface area (Å²) in [6.45, 7) is 9.31. The van der Waals surface area contributed by atoms with Crippen molar-refractivity contribution in [3.8, 4) is 0 Å². The smallest absolute Gasteiger partial charge is 0.191 e. The van der Waals surface area contributed by atoms with Gasteiger partial charge in [-0.1, -0.05) is 30.3 Å². The Kier molecular flexibility index (Phi) is 8.51. The van der Waals surface area contributed by atoms with Crippen LogP contribution in [0.3, 0.4) is 0 Å². The lowest BCUT2D eigenvalue weighted by Crippen LogP contribution is -2.43. The van der Waals surface area contributed by atoms with Gasteiger partial charge >= 0.3 is 0 Å². The molecule has 1 aromatic heterocycles. The number of rotatable bonds is 9. The van der Waals surface area contributed by atoms with Crippen LogP contribution in [0.4, 0.5) is 0 Å². The molecule has 0 aliphatic carbocycles. The molecule has 2 rings (SSSR count). The van der Waals surface area contributed by atoms with Gasteiger partial charge in [0.15, 0.2) is 5.96 Å². The zero-order chi connectivity index (χ0) is 20.5. The maximum absolute atomic E-state index is 4.51. The molecule has 6 nitrogen and oxygen atoms in total. The Balaban J connectivity index is 1.70. The number of aliphatic imine (C=N–C) groups is 1. The molecule has 1 atom stereocenters. The maximum Gasteiger partial charge on any atom is 0.191 e. The van der Waals surface area contributed by atoms with Crippen LogP contribution in [0.15, 0.2) is 35.3 Å². The van der Waals surface area contributed by atoms with E-state index in [1.165, 1.54) is 16.8 Å². The van der Waals surface area contributed by atoms with Gasteiger partial charge < -0.3 is 15.5 Å². The second-order valence-corrected chi connectivity index (χ2v) is 7.60. The van der Waals surface area contributed by atoms with Crippen molar-refractivity contribution in [2.75, 3.05) is 27.2 Å². The molecule has 0 aliphatic heterocycles. The Morgan fingerprint density at radius 3 is 2.57 bits per heavy atom. The molecule has 0 saturated heterocycles.